The summed E-state index contributed by atoms with van der Waals surface area (Å²) in [5.41, 5.74) is 1.23. The molecule has 1 fully saturated rings. The average molecular weight is 512 g/mol. The molecule has 1 aliphatic rings. The normalized spacial score (nSPS) is 20.6. The van der Waals surface area contributed by atoms with Crippen LogP contribution in [0.15, 0.2) is 42.7 Å². The molecule has 12 heteroatoms. The Morgan fingerprint density at radius 3 is 2.82 bits per heavy atom. The summed E-state index contributed by atoms with van der Waals surface area (Å²) in [6.07, 6.45) is 4.41. The first-order valence-corrected chi connectivity index (χ1v) is 12.9. The number of halogens is 2. The molecule has 1 saturated heterocycles. The number of benzene rings is 1. The molecule has 0 unspecified atom stereocenters. The second-order valence-electron chi connectivity index (χ2n) is 7.76. The number of nitrogens with one attached hydrogen (secondary N) is 2. The lowest BCUT2D eigenvalue weighted by Crippen LogP contribution is -2.57. The largest absolute Gasteiger partial charge is 0.325 e. The minimum Gasteiger partial charge on any atom is -0.325 e. The van der Waals surface area contributed by atoms with Gasteiger partial charge >= 0.3 is 0 Å². The zero-order chi connectivity index (χ0) is 23.8. The second kappa shape index (κ2) is 9.51. The Morgan fingerprint density at radius 1 is 1.36 bits per heavy atom. The van der Waals surface area contributed by atoms with Crippen molar-refractivity contribution in [3.8, 4) is 10.4 Å². The number of anilines is 1. The fourth-order valence-corrected chi connectivity index (χ4v) is 6.72. The number of rotatable bonds is 6. The molecule has 33 heavy (non-hydrogen) atoms. The van der Waals surface area contributed by atoms with E-state index >= 15 is 0 Å². The molecule has 1 amide bonds. The van der Waals surface area contributed by atoms with Crippen molar-refractivity contribution in [3.63, 3.8) is 0 Å². The number of hydrogen-bond donors (Lipinski definition) is 2. The van der Waals surface area contributed by atoms with Crippen molar-refractivity contribution in [1.82, 2.24) is 18.8 Å². The van der Waals surface area contributed by atoms with E-state index in [-0.39, 0.29) is 18.0 Å². The quantitative estimate of drug-likeness (QED) is 0.524. The maximum atomic E-state index is 13.5. The van der Waals surface area contributed by atoms with Crippen molar-refractivity contribution >= 4 is 44.7 Å². The van der Waals surface area contributed by atoms with E-state index in [1.165, 1.54) is 27.8 Å². The highest BCUT2D eigenvalue weighted by Crippen LogP contribution is 2.36. The van der Waals surface area contributed by atoms with Gasteiger partial charge in [-0.15, -0.1) is 11.3 Å². The molecule has 2 atom stereocenters. The third kappa shape index (κ3) is 5.12. The summed E-state index contributed by atoms with van der Waals surface area (Å²) < 4.78 is 45.2. The van der Waals surface area contributed by atoms with Crippen molar-refractivity contribution in [3.05, 3.63) is 58.4 Å². The monoisotopic (exact) mass is 511 g/mol. The molecule has 0 spiro atoms. The van der Waals surface area contributed by atoms with Gasteiger partial charge in [-0.2, -0.15) is 22.5 Å². The highest BCUT2D eigenvalue weighted by molar-refractivity contribution is 7.87. The topological polar surface area (TPSA) is 96.3 Å². The zero-order valence-electron chi connectivity index (χ0n) is 18.0. The van der Waals surface area contributed by atoms with E-state index in [4.69, 9.17) is 11.6 Å². The maximum Gasteiger partial charge on any atom is 0.280 e. The van der Waals surface area contributed by atoms with E-state index in [9.17, 15) is 17.6 Å². The number of thiophene rings is 1. The van der Waals surface area contributed by atoms with Gasteiger partial charge in [0.05, 0.1) is 17.3 Å². The second-order valence-corrected chi connectivity index (χ2v) is 10.9. The molecule has 1 aliphatic heterocycles. The Labute approximate surface area is 200 Å². The maximum absolute atomic E-state index is 13.5. The number of amides is 1. The van der Waals surface area contributed by atoms with Crippen molar-refractivity contribution in [1.29, 1.82) is 0 Å². The number of aromatic nitrogens is 2. The number of hydrogen-bond acceptors (Lipinski definition) is 5. The predicted molar refractivity (Wildman–Crippen MR) is 127 cm³/mol. The van der Waals surface area contributed by atoms with Gasteiger partial charge in [-0.05, 0) is 43.2 Å². The summed E-state index contributed by atoms with van der Waals surface area (Å²) in [5.74, 6) is -1.10. The van der Waals surface area contributed by atoms with Crippen LogP contribution in [0.4, 0.5) is 10.1 Å². The van der Waals surface area contributed by atoms with Crippen LogP contribution in [0, 0.1) is 5.82 Å². The molecule has 2 N–H and O–H groups in total. The Balaban J connectivity index is 1.60. The summed E-state index contributed by atoms with van der Waals surface area (Å²) >= 11 is 7.27. The van der Waals surface area contributed by atoms with Gasteiger partial charge < -0.3 is 5.32 Å². The molecule has 0 saturated carbocycles. The summed E-state index contributed by atoms with van der Waals surface area (Å²) in [4.78, 5) is 14.9. The molecule has 2 aromatic heterocycles. The molecule has 176 valence electrons. The van der Waals surface area contributed by atoms with Crippen LogP contribution in [0.2, 0.25) is 5.02 Å². The number of aryl methyl sites for hydroxylation is 1. The summed E-state index contributed by atoms with van der Waals surface area (Å²) in [7, 11) is -2.08. The van der Waals surface area contributed by atoms with Crippen molar-refractivity contribution in [2.45, 2.75) is 31.8 Å². The van der Waals surface area contributed by atoms with E-state index in [0.717, 1.165) is 21.4 Å². The van der Waals surface area contributed by atoms with Gasteiger partial charge in [0.15, 0.2) is 0 Å². The Morgan fingerprint density at radius 2 is 2.15 bits per heavy atom. The standard InChI is InChI=1S/C21H23ClFN5O3S2/c1-3-8-28-18(21(29)25-14-4-5-16(23)15(22)9-14)10-17(26-33(28,30)31)20-7-6-19(32-20)13-11-24-27(2)12-13/h4-7,9,11-12,17-18,26H,3,8,10H2,1-2H3,(H,25,29)/t17-,18+/m1/s1. The SMILES string of the molecule is CCCN1[C@H](C(=O)Nc2ccc(F)c(Cl)c2)C[C@H](c2ccc(-c3cnn(C)c3)s2)NS1(=O)=O. The van der Waals surface area contributed by atoms with Crippen LogP contribution in [0.5, 0.6) is 0 Å². The minimum absolute atomic E-state index is 0.129. The lowest BCUT2D eigenvalue weighted by Gasteiger charge is -2.37. The molecule has 3 aromatic rings. The van der Waals surface area contributed by atoms with Crippen LogP contribution in [-0.4, -0.2) is 41.0 Å². The molecule has 3 heterocycles. The van der Waals surface area contributed by atoms with Crippen LogP contribution in [-0.2, 0) is 22.1 Å². The van der Waals surface area contributed by atoms with Gasteiger partial charge in [-0.1, -0.05) is 18.5 Å². The summed E-state index contributed by atoms with van der Waals surface area (Å²) in [6.45, 7) is 2.03. The first-order valence-electron chi connectivity index (χ1n) is 10.3. The number of carbonyl (C=O) groups excluding carboxylic acids is 1. The lowest BCUT2D eigenvalue weighted by molar-refractivity contribution is -0.120. The third-order valence-electron chi connectivity index (χ3n) is 5.30. The smallest absolute Gasteiger partial charge is 0.280 e. The molecule has 0 bridgehead atoms. The first-order chi connectivity index (χ1) is 15.7. The highest BCUT2D eigenvalue weighted by atomic mass is 35.5. The van der Waals surface area contributed by atoms with Gasteiger partial charge in [-0.3, -0.25) is 9.48 Å². The molecule has 0 aliphatic carbocycles. The zero-order valence-corrected chi connectivity index (χ0v) is 20.3. The summed E-state index contributed by atoms with van der Waals surface area (Å²) in [6, 6.07) is 6.11. The molecular formula is C21H23ClFN5O3S2. The molecule has 4 rings (SSSR count). The highest BCUT2D eigenvalue weighted by Gasteiger charge is 2.42. The van der Waals surface area contributed by atoms with Gasteiger partial charge in [0.25, 0.3) is 10.2 Å². The molecule has 0 radical (unpaired) electrons. The first kappa shape index (κ1) is 23.8. The fourth-order valence-electron chi connectivity index (χ4n) is 3.76. The van der Waals surface area contributed by atoms with Gasteiger partial charge in [0.2, 0.25) is 5.91 Å². The number of carbonyl (C=O) groups is 1. The lowest BCUT2D eigenvalue weighted by atomic mass is 10.0. The van der Waals surface area contributed by atoms with Crippen molar-refractivity contribution in [2.24, 2.45) is 7.05 Å². The van der Waals surface area contributed by atoms with Crippen LogP contribution >= 0.6 is 22.9 Å². The molecule has 1 aromatic carbocycles. The molecular weight excluding hydrogens is 489 g/mol. The number of nitrogens with zero attached hydrogens (tertiary/aromatic N) is 3. The van der Waals surface area contributed by atoms with Crippen LogP contribution in [0.25, 0.3) is 10.4 Å². The van der Waals surface area contributed by atoms with E-state index in [1.807, 2.05) is 32.3 Å². The van der Waals surface area contributed by atoms with Crippen molar-refractivity contribution in [2.75, 3.05) is 11.9 Å². The van der Waals surface area contributed by atoms with E-state index in [2.05, 4.69) is 15.1 Å². The van der Waals surface area contributed by atoms with E-state index in [0.29, 0.717) is 12.1 Å². The van der Waals surface area contributed by atoms with E-state index < -0.39 is 34.0 Å². The fraction of sp³-hybridized carbons (Fsp3) is 0.333. The van der Waals surface area contributed by atoms with Gasteiger partial charge in [0, 0.05) is 40.8 Å². The van der Waals surface area contributed by atoms with Gasteiger partial charge in [-0.25, -0.2) is 4.39 Å². The Kier molecular flexibility index (Phi) is 6.87. The average Bonchev–Trinajstić information content (AvgIpc) is 3.41. The summed E-state index contributed by atoms with van der Waals surface area (Å²) in [5, 5.41) is 6.73. The van der Waals surface area contributed by atoms with Gasteiger partial charge in [0.1, 0.15) is 11.9 Å². The third-order valence-corrected chi connectivity index (χ3v) is 8.47. The molecule has 8 nitrogen and oxygen atoms in total. The van der Waals surface area contributed by atoms with Crippen LogP contribution in [0.3, 0.4) is 0 Å². The predicted octanol–water partition coefficient (Wildman–Crippen LogP) is 3.94. The van der Waals surface area contributed by atoms with Crippen molar-refractivity contribution < 1.29 is 17.6 Å². The van der Waals surface area contributed by atoms with Crippen LogP contribution < -0.4 is 10.0 Å². The van der Waals surface area contributed by atoms with Crippen LogP contribution in [0.1, 0.15) is 30.7 Å². The Bertz CT molecular complexity index is 1280. The minimum atomic E-state index is -3.91. The van der Waals surface area contributed by atoms with E-state index in [1.54, 1.807) is 10.9 Å². The Hall–Kier alpha value is -2.31.